The van der Waals surface area contributed by atoms with Crippen molar-refractivity contribution in [1.29, 1.82) is 5.26 Å². The Balaban J connectivity index is 1.42. The fourth-order valence-corrected chi connectivity index (χ4v) is 4.97. The van der Waals surface area contributed by atoms with E-state index in [0.29, 0.717) is 31.3 Å². The van der Waals surface area contributed by atoms with Crippen molar-refractivity contribution < 1.29 is 9.47 Å². The van der Waals surface area contributed by atoms with Gasteiger partial charge in [-0.1, -0.05) is 72.8 Å². The number of hydrogen-bond acceptors (Lipinski definition) is 6. The number of nitrogens with zero attached hydrogens (tertiary/aromatic N) is 4. The van der Waals surface area contributed by atoms with Crippen molar-refractivity contribution in [3.05, 3.63) is 117 Å². The Morgan fingerprint density at radius 3 is 2.13 bits per heavy atom. The van der Waals surface area contributed by atoms with Crippen molar-refractivity contribution >= 4 is 22.6 Å². The Morgan fingerprint density at radius 2 is 1.50 bits per heavy atom. The Bertz CT molecular complexity index is 1350. The summed E-state index contributed by atoms with van der Waals surface area (Å²) in [5, 5.41) is 9.25. The molecule has 0 saturated carbocycles. The first-order valence-electron chi connectivity index (χ1n) is 12.7. The molecule has 1 atom stereocenters. The van der Waals surface area contributed by atoms with E-state index in [1.165, 1.54) is 9.13 Å². The summed E-state index contributed by atoms with van der Waals surface area (Å²) in [5.41, 5.74) is 4.18. The molecule has 4 aromatic rings. The first kappa shape index (κ1) is 26.1. The van der Waals surface area contributed by atoms with Crippen molar-refractivity contribution in [2.45, 2.75) is 25.6 Å². The molecule has 1 aliphatic rings. The van der Waals surface area contributed by atoms with Crippen LogP contribution in [0.15, 0.2) is 91.3 Å². The lowest BCUT2D eigenvalue weighted by Gasteiger charge is -2.38. The molecule has 0 spiro atoms. The molecular weight excluding hydrogens is 587 g/mol. The average molecular weight is 617 g/mol. The molecule has 1 fully saturated rings. The van der Waals surface area contributed by atoms with E-state index < -0.39 is 0 Å². The van der Waals surface area contributed by atoms with Crippen LogP contribution in [-0.4, -0.2) is 34.5 Å². The Morgan fingerprint density at radius 1 is 0.868 bits per heavy atom. The summed E-state index contributed by atoms with van der Waals surface area (Å²) < 4.78 is 13.7. The third-order valence-corrected chi connectivity index (χ3v) is 7.41. The molecule has 1 unspecified atom stereocenters. The number of nitriles is 1. The van der Waals surface area contributed by atoms with Crippen molar-refractivity contribution in [2.24, 2.45) is 5.92 Å². The summed E-state index contributed by atoms with van der Waals surface area (Å²) in [6.45, 7) is 3.25. The van der Waals surface area contributed by atoms with Gasteiger partial charge in [0.15, 0.2) is 0 Å². The highest BCUT2D eigenvalue weighted by atomic mass is 127. The largest absolute Gasteiger partial charge is 0.482 e. The number of rotatable bonds is 11. The maximum atomic E-state index is 9.25. The lowest BCUT2D eigenvalue weighted by Crippen LogP contribution is -2.47. The number of halogens is 1. The second-order valence-electron chi connectivity index (χ2n) is 9.50. The maximum Gasteiger partial charge on any atom is 0.260 e. The summed E-state index contributed by atoms with van der Waals surface area (Å²) in [6, 6.07) is 31.1. The quantitative estimate of drug-likeness (QED) is 0.192. The second kappa shape index (κ2) is 12.9. The van der Waals surface area contributed by atoms with Crippen LogP contribution in [0.1, 0.15) is 28.3 Å². The fourth-order valence-electron chi connectivity index (χ4n) is 4.61. The van der Waals surface area contributed by atoms with E-state index in [-0.39, 0.29) is 11.8 Å². The van der Waals surface area contributed by atoms with E-state index in [0.717, 1.165) is 36.5 Å². The number of benzene rings is 3. The highest BCUT2D eigenvalue weighted by Gasteiger charge is 2.30. The van der Waals surface area contributed by atoms with Crippen molar-refractivity contribution in [3.8, 4) is 17.7 Å². The zero-order chi connectivity index (χ0) is 26.2. The van der Waals surface area contributed by atoms with Crippen molar-refractivity contribution in [1.82, 2.24) is 14.9 Å². The standard InChI is InChI=1S/C31H29IN4O2/c32-28-13-11-26(12-14-28)27(19-36-17-25(16-33)18-36)15-29-30(37-20-23-7-3-1-4-8-23)31(35-22-34-29)38-21-24-9-5-2-6-10-24/h1-14,22,25,27H,15,17-21H2. The predicted octanol–water partition coefficient (Wildman–Crippen LogP) is 6.02. The minimum Gasteiger partial charge on any atom is -0.482 e. The van der Waals surface area contributed by atoms with E-state index in [9.17, 15) is 5.26 Å². The molecular formula is C31H29IN4O2. The molecule has 0 amide bonds. The molecule has 7 heteroatoms. The summed E-state index contributed by atoms with van der Waals surface area (Å²) >= 11 is 2.33. The van der Waals surface area contributed by atoms with E-state index >= 15 is 0 Å². The molecule has 0 aliphatic carbocycles. The minimum atomic E-state index is 0.120. The highest BCUT2D eigenvalue weighted by Crippen LogP contribution is 2.34. The topological polar surface area (TPSA) is 71.3 Å². The molecule has 0 bridgehead atoms. The molecule has 192 valence electrons. The van der Waals surface area contributed by atoms with Crippen molar-refractivity contribution in [3.63, 3.8) is 0 Å². The number of hydrogen-bond donors (Lipinski definition) is 0. The van der Waals surface area contributed by atoms with Gasteiger partial charge in [-0.2, -0.15) is 10.2 Å². The molecule has 0 N–H and O–H groups in total. The number of ether oxygens (including phenoxy) is 2. The molecule has 6 nitrogen and oxygen atoms in total. The van der Waals surface area contributed by atoms with Crippen LogP contribution in [0.3, 0.4) is 0 Å². The molecule has 5 rings (SSSR count). The van der Waals surface area contributed by atoms with Gasteiger partial charge in [0.05, 0.1) is 17.7 Å². The van der Waals surface area contributed by atoms with Crippen LogP contribution in [0.5, 0.6) is 11.6 Å². The smallest absolute Gasteiger partial charge is 0.260 e. The summed E-state index contributed by atoms with van der Waals surface area (Å²) in [7, 11) is 0. The third-order valence-electron chi connectivity index (χ3n) is 6.69. The van der Waals surface area contributed by atoms with Crippen LogP contribution < -0.4 is 9.47 Å². The van der Waals surface area contributed by atoms with Crippen LogP contribution in [0, 0.1) is 20.8 Å². The van der Waals surface area contributed by atoms with E-state index in [1.54, 1.807) is 6.33 Å². The van der Waals surface area contributed by atoms with Gasteiger partial charge in [0.2, 0.25) is 5.75 Å². The van der Waals surface area contributed by atoms with Crippen LogP contribution in [0.2, 0.25) is 0 Å². The minimum absolute atomic E-state index is 0.120. The van der Waals surface area contributed by atoms with Crippen LogP contribution in [0.25, 0.3) is 0 Å². The molecule has 0 radical (unpaired) electrons. The average Bonchev–Trinajstić information content (AvgIpc) is 2.94. The van der Waals surface area contributed by atoms with E-state index in [4.69, 9.17) is 9.47 Å². The lowest BCUT2D eigenvalue weighted by molar-refractivity contribution is 0.125. The predicted molar refractivity (Wildman–Crippen MR) is 155 cm³/mol. The lowest BCUT2D eigenvalue weighted by atomic mass is 9.90. The molecule has 1 aliphatic heterocycles. The Kier molecular flexibility index (Phi) is 8.84. The molecule has 2 heterocycles. The number of aromatic nitrogens is 2. The van der Waals surface area contributed by atoms with Gasteiger partial charge in [0.1, 0.15) is 19.5 Å². The van der Waals surface area contributed by atoms with Crippen LogP contribution >= 0.6 is 22.6 Å². The summed E-state index contributed by atoms with van der Waals surface area (Å²) in [4.78, 5) is 11.5. The molecule has 3 aromatic carbocycles. The first-order chi connectivity index (χ1) is 18.7. The van der Waals surface area contributed by atoms with Gasteiger partial charge in [0, 0.05) is 35.5 Å². The van der Waals surface area contributed by atoms with Crippen LogP contribution in [0.4, 0.5) is 0 Å². The zero-order valence-corrected chi connectivity index (χ0v) is 23.2. The third kappa shape index (κ3) is 6.88. The second-order valence-corrected chi connectivity index (χ2v) is 10.7. The number of likely N-dealkylation sites (tertiary alicyclic amines) is 1. The monoisotopic (exact) mass is 616 g/mol. The molecule has 1 saturated heterocycles. The summed E-state index contributed by atoms with van der Waals surface area (Å²) in [6.07, 6.45) is 2.23. The van der Waals surface area contributed by atoms with Crippen LogP contribution in [-0.2, 0) is 19.6 Å². The van der Waals surface area contributed by atoms with Gasteiger partial charge in [-0.05, 0) is 51.4 Å². The van der Waals surface area contributed by atoms with Gasteiger partial charge in [-0.3, -0.25) is 0 Å². The van der Waals surface area contributed by atoms with Gasteiger partial charge in [-0.25, -0.2) is 4.98 Å². The highest BCUT2D eigenvalue weighted by molar-refractivity contribution is 14.1. The first-order valence-corrected chi connectivity index (χ1v) is 13.8. The fraction of sp³-hybridized carbons (Fsp3) is 0.258. The Hall–Kier alpha value is -3.48. The van der Waals surface area contributed by atoms with E-state index in [2.05, 4.69) is 67.8 Å². The van der Waals surface area contributed by atoms with Crippen molar-refractivity contribution in [2.75, 3.05) is 19.6 Å². The van der Waals surface area contributed by atoms with Gasteiger partial charge in [-0.15, -0.1) is 0 Å². The normalized spacial score (nSPS) is 14.3. The molecule has 1 aromatic heterocycles. The maximum absolute atomic E-state index is 9.25. The molecule has 38 heavy (non-hydrogen) atoms. The van der Waals surface area contributed by atoms with Gasteiger partial charge >= 0.3 is 0 Å². The zero-order valence-electron chi connectivity index (χ0n) is 21.0. The Labute approximate surface area is 237 Å². The SMILES string of the molecule is N#CC1CN(CC(Cc2ncnc(OCc3ccccc3)c2OCc2ccccc2)c2ccc(I)cc2)C1. The van der Waals surface area contributed by atoms with E-state index in [1.807, 2.05) is 60.7 Å². The van der Waals surface area contributed by atoms with Gasteiger partial charge in [0.25, 0.3) is 5.88 Å². The summed E-state index contributed by atoms with van der Waals surface area (Å²) in [5.74, 6) is 1.34. The van der Waals surface area contributed by atoms with Gasteiger partial charge < -0.3 is 14.4 Å².